The summed E-state index contributed by atoms with van der Waals surface area (Å²) in [4.78, 5) is 28.5. The molecule has 0 radical (unpaired) electrons. The van der Waals surface area contributed by atoms with Gasteiger partial charge in [-0.2, -0.15) is 0 Å². The summed E-state index contributed by atoms with van der Waals surface area (Å²) in [7, 11) is 5.38. The number of ketones is 2. The van der Waals surface area contributed by atoms with Gasteiger partial charge in [-0.3, -0.25) is 9.59 Å². The van der Waals surface area contributed by atoms with E-state index in [9.17, 15) is 14.7 Å². The predicted molar refractivity (Wildman–Crippen MR) is 234 cm³/mol. The highest BCUT2D eigenvalue weighted by atomic mass is 16.7. The molecule has 0 saturated heterocycles. The van der Waals surface area contributed by atoms with Gasteiger partial charge in [-0.25, -0.2) is 0 Å². The molecule has 0 aromatic carbocycles. The number of hydrogen-bond donors (Lipinski definition) is 1. The summed E-state index contributed by atoms with van der Waals surface area (Å²) < 4.78 is 24.1. The number of hydrogen-bond acceptors (Lipinski definition) is 7. The number of Topliss-reactive ketones (excluding diaryl/α,β-unsaturated/α-hetero) is 2. The molecule has 0 aromatic rings. The van der Waals surface area contributed by atoms with E-state index < -0.39 is 16.9 Å². The van der Waals surface area contributed by atoms with Crippen molar-refractivity contribution in [1.82, 2.24) is 0 Å². The fraction of sp³-hybridized carbons (Fsp3) is 0.885. The highest BCUT2D eigenvalue weighted by Crippen LogP contribution is 2.71. The summed E-state index contributed by atoms with van der Waals surface area (Å²) in [5, 5.41) is 11.8. The van der Waals surface area contributed by atoms with Gasteiger partial charge in [-0.1, -0.05) is 79.7 Å². The van der Waals surface area contributed by atoms with Gasteiger partial charge in [0.15, 0.2) is 0 Å². The first-order chi connectivity index (χ1) is 28.0. The minimum absolute atomic E-state index is 0.0138. The number of methoxy groups -OCH3 is 3. The Morgan fingerprint density at radius 2 is 1.07 bits per heavy atom. The average Bonchev–Trinajstić information content (AvgIpc) is 3.85. The minimum Gasteiger partial charge on any atom is -0.393 e. The quantitative estimate of drug-likeness (QED) is 0.202. The Hall–Kier alpha value is -1.38. The van der Waals surface area contributed by atoms with Crippen molar-refractivity contribution in [1.29, 1.82) is 0 Å². The lowest BCUT2D eigenvalue weighted by Gasteiger charge is -2.62. The monoisotopic (exact) mass is 821 g/mol. The number of rotatable bonds is 7. The lowest BCUT2D eigenvalue weighted by atomic mass is 9.43. The number of allylic oxidation sites excluding steroid dienone is 4. The van der Waals surface area contributed by atoms with Gasteiger partial charge in [-0.05, 0) is 149 Å². The second kappa shape index (κ2) is 17.0. The van der Waals surface area contributed by atoms with Crippen LogP contribution in [0.1, 0.15) is 158 Å². The zero-order valence-corrected chi connectivity index (χ0v) is 39.2. The van der Waals surface area contributed by atoms with Crippen molar-refractivity contribution < 1.29 is 33.6 Å². The molecule has 7 heteroatoms. The Morgan fingerprint density at radius 3 is 1.51 bits per heavy atom. The first-order valence-corrected chi connectivity index (χ1v) is 24.2. The molecule has 4 bridgehead atoms. The maximum Gasteiger partial charge on any atom is 0.146 e. The Bertz CT molecular complexity index is 1590. The molecule has 18 atom stereocenters. The van der Waals surface area contributed by atoms with Gasteiger partial charge < -0.3 is 24.1 Å². The first kappa shape index (κ1) is 45.6. The van der Waals surface area contributed by atoms with E-state index in [-0.39, 0.29) is 70.4 Å². The van der Waals surface area contributed by atoms with Gasteiger partial charge >= 0.3 is 0 Å². The average molecular weight is 821 g/mol. The van der Waals surface area contributed by atoms with Crippen LogP contribution in [0.2, 0.25) is 0 Å². The second-order valence-electron chi connectivity index (χ2n) is 22.6. The molecular weight excluding hydrogens is 737 g/mol. The molecule has 6 fully saturated rings. The van der Waals surface area contributed by atoms with E-state index in [1.807, 2.05) is 14.2 Å². The van der Waals surface area contributed by atoms with Crippen LogP contribution in [0.4, 0.5) is 0 Å². The number of aliphatic hydroxyl groups is 1. The lowest BCUT2D eigenvalue weighted by Crippen LogP contribution is -2.63. The van der Waals surface area contributed by atoms with Crippen molar-refractivity contribution in [3.8, 4) is 0 Å². The third kappa shape index (κ3) is 6.89. The Balaban J connectivity index is 0.000000180. The van der Waals surface area contributed by atoms with Crippen LogP contribution in [0.25, 0.3) is 0 Å². The molecule has 0 aromatic heterocycles. The normalized spacial score (nSPS) is 52.0. The summed E-state index contributed by atoms with van der Waals surface area (Å²) in [6, 6.07) is 0. The van der Waals surface area contributed by atoms with Crippen LogP contribution in [0.15, 0.2) is 24.3 Å². The number of aliphatic hydroxyl groups excluding tert-OH is 1. The Morgan fingerprint density at radius 1 is 0.627 bits per heavy atom. The molecule has 59 heavy (non-hydrogen) atoms. The topological polar surface area (TPSA) is 91.3 Å². The molecule has 0 heterocycles. The molecular formula is C52H84O7. The smallest absolute Gasteiger partial charge is 0.146 e. The molecule has 1 N–H and O–H groups in total. The zero-order chi connectivity index (χ0) is 42.8. The van der Waals surface area contributed by atoms with E-state index in [1.54, 1.807) is 7.11 Å². The highest BCUT2D eigenvalue weighted by Gasteiger charge is 2.70. The van der Waals surface area contributed by atoms with Gasteiger partial charge in [-0.15, -0.1) is 0 Å². The summed E-state index contributed by atoms with van der Waals surface area (Å²) in [6.45, 7) is 18.7. The van der Waals surface area contributed by atoms with Gasteiger partial charge in [0.1, 0.15) is 18.4 Å². The van der Waals surface area contributed by atoms with Gasteiger partial charge in [0, 0.05) is 54.8 Å². The fourth-order valence-corrected chi connectivity index (χ4v) is 16.7. The molecule has 0 aliphatic heterocycles. The fourth-order valence-electron chi connectivity index (χ4n) is 16.7. The van der Waals surface area contributed by atoms with E-state index in [1.165, 1.54) is 6.42 Å². The molecule has 6 saturated carbocycles. The molecule has 8 rings (SSSR count). The third-order valence-electron chi connectivity index (χ3n) is 20.7. The minimum atomic E-state index is -0.461. The molecule has 8 aliphatic carbocycles. The summed E-state index contributed by atoms with van der Waals surface area (Å²) in [6.07, 6.45) is 25.9. The van der Waals surface area contributed by atoms with E-state index in [2.05, 4.69) is 79.7 Å². The van der Waals surface area contributed by atoms with Crippen molar-refractivity contribution in [2.24, 2.45) is 79.8 Å². The van der Waals surface area contributed by atoms with Crippen molar-refractivity contribution in [3.63, 3.8) is 0 Å². The van der Waals surface area contributed by atoms with Crippen molar-refractivity contribution in [2.45, 2.75) is 183 Å². The third-order valence-corrected chi connectivity index (χ3v) is 20.7. The van der Waals surface area contributed by atoms with Gasteiger partial charge in [0.05, 0.1) is 24.4 Å². The SMILES string of the molecule is COCO[C@@H]1C[C@@](C)(C2C=CCCC2)C(=O)[C@H](C)C23CC[C@@H](C)[C@]1(C)C2[C@H](OC)CC3.CO[C@@H]1CCC23CC[C@@H](C)[C@](C)(C12)[C@H](O)C[C@@](C)(C1C=CCCC1)C(=O)[C@@H]3C. The van der Waals surface area contributed by atoms with Crippen molar-refractivity contribution in [3.05, 3.63) is 24.3 Å². The molecule has 0 spiro atoms. The number of ether oxygens (including phenoxy) is 4. The lowest BCUT2D eigenvalue weighted by molar-refractivity contribution is -0.222. The zero-order valence-electron chi connectivity index (χ0n) is 39.2. The molecule has 334 valence electrons. The standard InChI is InChI=1S/C27H44O4.C25H40O3/c1-18-12-14-27-15-13-21(30-6)23(27)26(18,4)22(31-17-29-5)16-25(3,24(28)19(27)2)20-10-8-7-9-11-20;1-16-11-13-25-14-12-19(28-5)21(25)24(16,4)20(26)15-23(3,22(27)17(25)2)18-9-7-6-8-10-18/h8,10,18-23H,7,9,11-17H2,1-6H3;7,9,16-21,26H,6,8,10-15H2,1-5H3/t18-,19+,20?,21-,22-,23?,25+,26+,27?;16-,17+,18?,19-,20-,21?,23+,24+,25?/m11/s1. The summed E-state index contributed by atoms with van der Waals surface area (Å²) >= 11 is 0. The van der Waals surface area contributed by atoms with Gasteiger partial charge in [0.2, 0.25) is 0 Å². The van der Waals surface area contributed by atoms with Crippen LogP contribution < -0.4 is 0 Å². The molecule has 7 nitrogen and oxygen atoms in total. The van der Waals surface area contributed by atoms with Crippen LogP contribution in [-0.4, -0.2) is 69.2 Å². The molecule has 8 aliphatic rings. The highest BCUT2D eigenvalue weighted by molar-refractivity contribution is 5.89. The van der Waals surface area contributed by atoms with Gasteiger partial charge in [0.25, 0.3) is 0 Å². The molecule has 0 amide bonds. The van der Waals surface area contributed by atoms with E-state index in [0.717, 1.165) is 89.9 Å². The van der Waals surface area contributed by atoms with E-state index >= 15 is 0 Å². The maximum atomic E-state index is 14.4. The Labute approximate surface area is 359 Å². The van der Waals surface area contributed by atoms with Crippen molar-refractivity contribution >= 4 is 11.6 Å². The first-order valence-electron chi connectivity index (χ1n) is 24.2. The van der Waals surface area contributed by atoms with Crippen LogP contribution >= 0.6 is 0 Å². The van der Waals surface area contributed by atoms with Crippen LogP contribution in [0.3, 0.4) is 0 Å². The second-order valence-corrected chi connectivity index (χ2v) is 22.6. The summed E-state index contributed by atoms with van der Waals surface area (Å²) in [5.74, 6) is 3.13. The van der Waals surface area contributed by atoms with Crippen LogP contribution in [0.5, 0.6) is 0 Å². The van der Waals surface area contributed by atoms with Crippen LogP contribution in [-0.2, 0) is 28.5 Å². The van der Waals surface area contributed by atoms with E-state index in [4.69, 9.17) is 18.9 Å². The van der Waals surface area contributed by atoms with Crippen molar-refractivity contribution in [2.75, 3.05) is 28.1 Å². The van der Waals surface area contributed by atoms with E-state index in [0.29, 0.717) is 41.7 Å². The maximum absolute atomic E-state index is 14.4. The number of carbonyl (C=O) groups excluding carboxylic acids is 2. The number of carbonyl (C=O) groups is 2. The largest absolute Gasteiger partial charge is 0.393 e. The summed E-state index contributed by atoms with van der Waals surface area (Å²) in [5.41, 5.74) is -1.08. The predicted octanol–water partition coefficient (Wildman–Crippen LogP) is 11.0. The van der Waals surface area contributed by atoms with Crippen LogP contribution in [0, 0.1) is 79.8 Å². The Kier molecular flexibility index (Phi) is 13.1. The molecule has 6 unspecified atom stereocenters.